The molecule has 2 heterocycles. The van der Waals surface area contributed by atoms with Crippen molar-refractivity contribution in [1.82, 2.24) is 9.97 Å². The number of para-hydroxylation sites is 1. The molecule has 1 atom stereocenters. The van der Waals surface area contributed by atoms with E-state index in [1.807, 2.05) is 36.4 Å². The van der Waals surface area contributed by atoms with Crippen LogP contribution >= 0.6 is 0 Å². The van der Waals surface area contributed by atoms with E-state index in [9.17, 15) is 4.39 Å². The molecule has 0 aliphatic carbocycles. The van der Waals surface area contributed by atoms with E-state index >= 15 is 0 Å². The topological polar surface area (TPSA) is 62.3 Å². The molecule has 0 bridgehead atoms. The van der Waals surface area contributed by atoms with Crippen molar-refractivity contribution in [3.8, 4) is 12.3 Å². The van der Waals surface area contributed by atoms with Gasteiger partial charge in [-0.2, -0.15) is 0 Å². The molecule has 0 spiro atoms. The number of hydrogen-bond acceptors (Lipinski definition) is 4. The lowest BCUT2D eigenvalue weighted by atomic mass is 9.90. The average molecular weight is 439 g/mol. The molecule has 1 unspecified atom stereocenters. The zero-order valence-electron chi connectivity index (χ0n) is 18.4. The number of fused-ring (bicyclic) bond motifs is 2. The lowest BCUT2D eigenvalue weighted by Crippen LogP contribution is -2.37. The molecule has 1 aromatic heterocycles. The fourth-order valence-electron chi connectivity index (χ4n) is 4.12. The zero-order valence-corrected chi connectivity index (χ0v) is 18.4. The standard InChI is InChI=1S/C27H23FN4O/c1-4-15-33-27(19-11-9-18(10-12-19)17(2)3)21-7-5-6-8-22(21)29-26(32-27)25-30-23-14-13-20(28)16-24(23)31-25/h1,5-14,16-17H,15H2,2-3H3,(H,29,32)(H,30,31). The maximum absolute atomic E-state index is 13.7. The molecular weight excluding hydrogens is 415 g/mol. The number of anilines is 1. The van der Waals surface area contributed by atoms with E-state index in [-0.39, 0.29) is 12.4 Å². The molecule has 164 valence electrons. The molecule has 6 heteroatoms. The first-order valence-corrected chi connectivity index (χ1v) is 10.8. The van der Waals surface area contributed by atoms with Crippen molar-refractivity contribution < 1.29 is 9.13 Å². The quantitative estimate of drug-likeness (QED) is 0.402. The number of hydrogen-bond donors (Lipinski definition) is 2. The fraction of sp³-hybridized carbons (Fsp3) is 0.185. The van der Waals surface area contributed by atoms with Crippen LogP contribution in [0.25, 0.3) is 11.0 Å². The van der Waals surface area contributed by atoms with Crippen LogP contribution < -0.4 is 5.32 Å². The summed E-state index contributed by atoms with van der Waals surface area (Å²) in [5, 5.41) is 3.35. The highest BCUT2D eigenvalue weighted by molar-refractivity contribution is 6.09. The lowest BCUT2D eigenvalue weighted by Gasteiger charge is -2.36. The first-order valence-electron chi connectivity index (χ1n) is 10.8. The minimum absolute atomic E-state index is 0.0718. The molecule has 3 aromatic carbocycles. The molecule has 1 aliphatic heterocycles. The Balaban J connectivity index is 1.72. The lowest BCUT2D eigenvalue weighted by molar-refractivity contribution is 0.00851. The number of H-pyrrole nitrogens is 1. The first-order chi connectivity index (χ1) is 16.0. The van der Waals surface area contributed by atoms with E-state index in [1.54, 1.807) is 6.07 Å². The fourth-order valence-corrected chi connectivity index (χ4v) is 4.12. The van der Waals surface area contributed by atoms with Gasteiger partial charge < -0.3 is 15.0 Å². The van der Waals surface area contributed by atoms with Gasteiger partial charge in [0.25, 0.3) is 0 Å². The third-order valence-corrected chi connectivity index (χ3v) is 5.82. The van der Waals surface area contributed by atoms with Gasteiger partial charge in [-0.25, -0.2) is 14.4 Å². The molecule has 0 saturated heterocycles. The number of amidine groups is 1. The monoisotopic (exact) mass is 438 g/mol. The van der Waals surface area contributed by atoms with Crippen LogP contribution in [0.4, 0.5) is 10.1 Å². The van der Waals surface area contributed by atoms with Gasteiger partial charge in [0.05, 0.1) is 11.0 Å². The normalized spacial score (nSPS) is 17.4. The number of benzene rings is 3. The summed E-state index contributed by atoms with van der Waals surface area (Å²) in [6.45, 7) is 4.38. The van der Waals surface area contributed by atoms with E-state index < -0.39 is 5.72 Å². The van der Waals surface area contributed by atoms with Gasteiger partial charge in [0.15, 0.2) is 11.7 Å². The SMILES string of the molecule is C#CCOC1(c2ccc(C(C)C)cc2)N=C(c2nc3ccc(F)cc3[nH]2)Nc2ccccc21. The summed E-state index contributed by atoms with van der Waals surface area (Å²) in [5.41, 5.74) is 3.83. The van der Waals surface area contributed by atoms with E-state index in [4.69, 9.17) is 16.2 Å². The van der Waals surface area contributed by atoms with Gasteiger partial charge in [-0.05, 0) is 35.7 Å². The second-order valence-corrected chi connectivity index (χ2v) is 8.29. The van der Waals surface area contributed by atoms with Gasteiger partial charge in [-0.1, -0.05) is 62.2 Å². The number of halogens is 1. The Bertz CT molecular complexity index is 1400. The molecule has 33 heavy (non-hydrogen) atoms. The number of nitrogens with one attached hydrogen (secondary N) is 2. The smallest absolute Gasteiger partial charge is 0.216 e. The molecule has 1 aliphatic rings. The number of aromatic nitrogens is 2. The van der Waals surface area contributed by atoms with Crippen LogP contribution in [0.1, 0.15) is 42.3 Å². The molecule has 0 amide bonds. The van der Waals surface area contributed by atoms with Crippen LogP contribution in [0, 0.1) is 18.2 Å². The maximum Gasteiger partial charge on any atom is 0.216 e. The van der Waals surface area contributed by atoms with Crippen molar-refractivity contribution in [3.05, 3.63) is 95.1 Å². The molecule has 0 radical (unpaired) electrons. The number of imidazole rings is 1. The number of ether oxygens (including phenoxy) is 1. The Morgan fingerprint density at radius 2 is 1.88 bits per heavy atom. The van der Waals surface area contributed by atoms with Gasteiger partial charge in [0.1, 0.15) is 12.4 Å². The summed E-state index contributed by atoms with van der Waals surface area (Å²) < 4.78 is 20.0. The average Bonchev–Trinajstić information content (AvgIpc) is 3.26. The minimum Gasteiger partial charge on any atom is -0.337 e. The Labute approximate surface area is 191 Å². The summed E-state index contributed by atoms with van der Waals surface area (Å²) in [6.07, 6.45) is 5.58. The molecule has 5 rings (SSSR count). The van der Waals surface area contributed by atoms with Gasteiger partial charge >= 0.3 is 0 Å². The molecule has 4 aromatic rings. The van der Waals surface area contributed by atoms with Crippen molar-refractivity contribution in [1.29, 1.82) is 0 Å². The Morgan fingerprint density at radius 3 is 2.64 bits per heavy atom. The predicted molar refractivity (Wildman–Crippen MR) is 129 cm³/mol. The van der Waals surface area contributed by atoms with Crippen LogP contribution in [0.15, 0.2) is 71.7 Å². The second-order valence-electron chi connectivity index (χ2n) is 8.29. The van der Waals surface area contributed by atoms with E-state index in [0.717, 1.165) is 16.8 Å². The maximum atomic E-state index is 13.7. The first kappa shape index (κ1) is 20.9. The van der Waals surface area contributed by atoms with Crippen molar-refractivity contribution in [2.75, 3.05) is 11.9 Å². The van der Waals surface area contributed by atoms with E-state index in [2.05, 4.69) is 47.2 Å². The number of terminal acetylenes is 1. The van der Waals surface area contributed by atoms with Gasteiger partial charge in [0, 0.05) is 16.8 Å². The van der Waals surface area contributed by atoms with Crippen LogP contribution in [0.3, 0.4) is 0 Å². The number of nitrogens with zero attached hydrogens (tertiary/aromatic N) is 2. The van der Waals surface area contributed by atoms with Crippen LogP contribution in [-0.4, -0.2) is 22.4 Å². The van der Waals surface area contributed by atoms with Crippen molar-refractivity contribution in [3.63, 3.8) is 0 Å². The highest BCUT2D eigenvalue weighted by Gasteiger charge is 2.41. The molecule has 0 fully saturated rings. The van der Waals surface area contributed by atoms with Crippen LogP contribution in [-0.2, 0) is 10.5 Å². The van der Waals surface area contributed by atoms with Gasteiger partial charge in [-0.15, -0.1) is 6.42 Å². The molecule has 2 N–H and O–H groups in total. The Hall–Kier alpha value is -3.95. The van der Waals surface area contributed by atoms with Crippen molar-refractivity contribution >= 4 is 22.6 Å². The van der Waals surface area contributed by atoms with Crippen molar-refractivity contribution in [2.24, 2.45) is 4.99 Å². The third kappa shape index (κ3) is 3.67. The number of rotatable bonds is 5. The largest absolute Gasteiger partial charge is 0.337 e. The highest BCUT2D eigenvalue weighted by atomic mass is 19.1. The van der Waals surface area contributed by atoms with E-state index in [1.165, 1.54) is 17.7 Å². The summed E-state index contributed by atoms with van der Waals surface area (Å²) in [4.78, 5) is 12.8. The molecular formula is C27H23FN4O. The van der Waals surface area contributed by atoms with E-state index in [0.29, 0.717) is 28.6 Å². The minimum atomic E-state index is -1.16. The van der Waals surface area contributed by atoms with Gasteiger partial charge in [-0.3, -0.25) is 0 Å². The molecule has 0 saturated carbocycles. The Kier molecular flexibility index (Phi) is 5.20. The summed E-state index contributed by atoms with van der Waals surface area (Å²) in [5.74, 6) is 3.61. The van der Waals surface area contributed by atoms with Crippen LogP contribution in [0.2, 0.25) is 0 Å². The zero-order chi connectivity index (χ0) is 23.0. The number of aromatic amines is 1. The predicted octanol–water partition coefficient (Wildman–Crippen LogP) is 5.55. The summed E-state index contributed by atoms with van der Waals surface area (Å²) in [6, 6.07) is 20.5. The summed E-state index contributed by atoms with van der Waals surface area (Å²) >= 11 is 0. The molecule has 5 nitrogen and oxygen atoms in total. The Morgan fingerprint density at radius 1 is 1.09 bits per heavy atom. The van der Waals surface area contributed by atoms with Crippen molar-refractivity contribution in [2.45, 2.75) is 25.5 Å². The van der Waals surface area contributed by atoms with Gasteiger partial charge in [0.2, 0.25) is 5.72 Å². The number of aliphatic imine (C=N–C) groups is 1. The second kappa shape index (κ2) is 8.19. The third-order valence-electron chi connectivity index (χ3n) is 5.82. The highest BCUT2D eigenvalue weighted by Crippen LogP contribution is 2.42. The van der Waals surface area contributed by atoms with Crippen LogP contribution in [0.5, 0.6) is 0 Å². The summed E-state index contributed by atoms with van der Waals surface area (Å²) in [7, 11) is 0.